The van der Waals surface area contributed by atoms with Gasteiger partial charge in [-0.05, 0) is 30.0 Å². The minimum Gasteiger partial charge on any atom is -0.393 e. The second-order valence-electron chi connectivity index (χ2n) is 4.63. The van der Waals surface area contributed by atoms with E-state index in [1.54, 1.807) is 10.9 Å². The van der Waals surface area contributed by atoms with Crippen molar-refractivity contribution in [2.24, 2.45) is 7.05 Å². The van der Waals surface area contributed by atoms with E-state index in [2.05, 4.69) is 5.10 Å². The van der Waals surface area contributed by atoms with Gasteiger partial charge >= 0.3 is 0 Å². The highest BCUT2D eigenvalue weighted by atomic mass is 19.2. The molecule has 0 fully saturated rings. The zero-order valence-corrected chi connectivity index (χ0v) is 10.7. The second kappa shape index (κ2) is 5.93. The van der Waals surface area contributed by atoms with E-state index >= 15 is 0 Å². The maximum Gasteiger partial charge on any atom is 0.162 e. The Morgan fingerprint density at radius 1 is 1.37 bits per heavy atom. The molecule has 3 nitrogen and oxygen atoms in total. The molecule has 1 unspecified atom stereocenters. The number of hydrogen-bond acceptors (Lipinski definition) is 2. The molecule has 1 N–H and O–H groups in total. The van der Waals surface area contributed by atoms with Crippen LogP contribution in [0.5, 0.6) is 0 Å². The van der Waals surface area contributed by atoms with Gasteiger partial charge in [-0.1, -0.05) is 12.1 Å². The van der Waals surface area contributed by atoms with E-state index in [1.165, 1.54) is 12.1 Å². The molecular weight excluding hydrogens is 250 g/mol. The highest BCUT2D eigenvalue weighted by Gasteiger charge is 2.12. The quantitative estimate of drug-likeness (QED) is 0.901. The Morgan fingerprint density at radius 3 is 2.84 bits per heavy atom. The number of benzene rings is 1. The average molecular weight is 266 g/mol. The number of hydrogen-bond donors (Lipinski definition) is 1. The van der Waals surface area contributed by atoms with Gasteiger partial charge in [0.25, 0.3) is 0 Å². The van der Waals surface area contributed by atoms with Crippen LogP contribution in [0, 0.1) is 11.6 Å². The van der Waals surface area contributed by atoms with Gasteiger partial charge in [0.05, 0.1) is 12.3 Å². The first-order chi connectivity index (χ1) is 9.06. The summed E-state index contributed by atoms with van der Waals surface area (Å²) in [4.78, 5) is 0. The van der Waals surface area contributed by atoms with Crippen LogP contribution in [0.25, 0.3) is 0 Å². The summed E-state index contributed by atoms with van der Waals surface area (Å²) in [6.07, 6.45) is 4.17. The third-order valence-corrected chi connectivity index (χ3v) is 3.01. The molecule has 19 heavy (non-hydrogen) atoms. The summed E-state index contributed by atoms with van der Waals surface area (Å²) < 4.78 is 28.1. The van der Waals surface area contributed by atoms with Gasteiger partial charge in [-0.3, -0.25) is 4.68 Å². The van der Waals surface area contributed by atoms with Crippen LogP contribution in [0.4, 0.5) is 8.78 Å². The number of aliphatic hydroxyl groups excluding tert-OH is 1. The van der Waals surface area contributed by atoms with Gasteiger partial charge in [0.15, 0.2) is 11.6 Å². The normalized spacial score (nSPS) is 12.6. The molecule has 1 heterocycles. The van der Waals surface area contributed by atoms with Gasteiger partial charge in [-0.15, -0.1) is 0 Å². The van der Waals surface area contributed by atoms with Crippen molar-refractivity contribution in [2.45, 2.75) is 25.4 Å². The first kappa shape index (κ1) is 13.7. The monoisotopic (exact) mass is 266 g/mol. The van der Waals surface area contributed by atoms with Crippen LogP contribution < -0.4 is 0 Å². The fourth-order valence-corrected chi connectivity index (χ4v) is 2.00. The Hall–Kier alpha value is -1.75. The van der Waals surface area contributed by atoms with E-state index in [4.69, 9.17) is 0 Å². The fraction of sp³-hybridized carbons (Fsp3) is 0.357. The molecule has 0 bridgehead atoms. The van der Waals surface area contributed by atoms with Gasteiger partial charge in [-0.25, -0.2) is 8.78 Å². The van der Waals surface area contributed by atoms with E-state index in [1.807, 2.05) is 13.2 Å². The molecule has 5 heteroatoms. The summed E-state index contributed by atoms with van der Waals surface area (Å²) in [7, 11) is 1.82. The second-order valence-corrected chi connectivity index (χ2v) is 4.63. The number of aryl methyl sites for hydroxylation is 2. The molecular formula is C14H16F2N2O. The fourth-order valence-electron chi connectivity index (χ4n) is 2.00. The number of aliphatic hydroxyl groups is 1. The zero-order chi connectivity index (χ0) is 13.8. The summed E-state index contributed by atoms with van der Waals surface area (Å²) in [6.45, 7) is 0. The summed E-state index contributed by atoms with van der Waals surface area (Å²) >= 11 is 0. The molecule has 1 aromatic carbocycles. The molecule has 2 aromatic rings. The van der Waals surface area contributed by atoms with Gasteiger partial charge in [0.1, 0.15) is 0 Å². The summed E-state index contributed by atoms with van der Waals surface area (Å²) in [6, 6.07) is 4.01. The lowest BCUT2D eigenvalue weighted by Gasteiger charge is -2.10. The Balaban J connectivity index is 1.90. The van der Waals surface area contributed by atoms with Crippen molar-refractivity contribution in [1.82, 2.24) is 9.78 Å². The lowest BCUT2D eigenvalue weighted by Crippen LogP contribution is -2.13. The average Bonchev–Trinajstić information content (AvgIpc) is 2.78. The van der Waals surface area contributed by atoms with Gasteiger partial charge in [0.2, 0.25) is 0 Å². The van der Waals surface area contributed by atoms with Crippen molar-refractivity contribution in [2.75, 3.05) is 0 Å². The molecule has 0 aliphatic heterocycles. The summed E-state index contributed by atoms with van der Waals surface area (Å²) in [5.41, 5.74) is 1.22. The molecule has 0 radical (unpaired) electrons. The van der Waals surface area contributed by atoms with Crippen molar-refractivity contribution >= 4 is 0 Å². The van der Waals surface area contributed by atoms with Gasteiger partial charge in [-0.2, -0.15) is 5.10 Å². The van der Waals surface area contributed by atoms with Crippen LogP contribution in [-0.4, -0.2) is 21.0 Å². The van der Waals surface area contributed by atoms with E-state index in [9.17, 15) is 13.9 Å². The SMILES string of the molecule is Cn1cc(CCC(O)Cc2cccc(F)c2F)cn1. The predicted octanol–water partition coefficient (Wildman–Crippen LogP) is 2.23. The maximum absolute atomic E-state index is 13.4. The minimum absolute atomic E-state index is 0.115. The Bertz CT molecular complexity index is 554. The molecule has 2 rings (SSSR count). The lowest BCUT2D eigenvalue weighted by atomic mass is 10.0. The zero-order valence-electron chi connectivity index (χ0n) is 10.7. The van der Waals surface area contributed by atoms with Crippen LogP contribution in [0.15, 0.2) is 30.6 Å². The third-order valence-electron chi connectivity index (χ3n) is 3.01. The van der Waals surface area contributed by atoms with Gasteiger partial charge < -0.3 is 5.11 Å². The van der Waals surface area contributed by atoms with Crippen LogP contribution in [0.3, 0.4) is 0 Å². The third kappa shape index (κ3) is 3.61. The Morgan fingerprint density at radius 2 is 2.16 bits per heavy atom. The summed E-state index contributed by atoms with van der Waals surface area (Å²) in [5.74, 6) is -1.75. The predicted molar refractivity (Wildman–Crippen MR) is 67.6 cm³/mol. The highest BCUT2D eigenvalue weighted by Crippen LogP contribution is 2.15. The van der Waals surface area contributed by atoms with Crippen molar-refractivity contribution in [3.05, 3.63) is 53.4 Å². The van der Waals surface area contributed by atoms with E-state index in [0.717, 1.165) is 11.6 Å². The van der Waals surface area contributed by atoms with E-state index in [-0.39, 0.29) is 12.0 Å². The standard InChI is InChI=1S/C14H16F2N2O/c1-18-9-10(8-17-18)5-6-12(19)7-11-3-2-4-13(15)14(11)16/h2-4,8-9,12,19H,5-7H2,1H3. The van der Waals surface area contributed by atoms with Crippen LogP contribution in [-0.2, 0) is 19.9 Å². The molecule has 1 aromatic heterocycles. The van der Waals surface area contributed by atoms with Crippen molar-refractivity contribution in [3.8, 4) is 0 Å². The Labute approximate surface area is 110 Å². The van der Waals surface area contributed by atoms with Crippen molar-refractivity contribution in [3.63, 3.8) is 0 Å². The smallest absolute Gasteiger partial charge is 0.162 e. The molecule has 1 atom stereocenters. The van der Waals surface area contributed by atoms with E-state index < -0.39 is 17.7 Å². The molecule has 0 saturated carbocycles. The first-order valence-electron chi connectivity index (χ1n) is 6.14. The number of nitrogens with zero attached hydrogens (tertiary/aromatic N) is 2. The van der Waals surface area contributed by atoms with Crippen molar-refractivity contribution < 1.29 is 13.9 Å². The highest BCUT2D eigenvalue weighted by molar-refractivity contribution is 5.19. The minimum atomic E-state index is -0.878. The maximum atomic E-state index is 13.4. The van der Waals surface area contributed by atoms with Gasteiger partial charge in [0, 0.05) is 19.7 Å². The largest absolute Gasteiger partial charge is 0.393 e. The van der Waals surface area contributed by atoms with E-state index in [0.29, 0.717) is 12.8 Å². The topological polar surface area (TPSA) is 38.0 Å². The molecule has 0 aliphatic carbocycles. The van der Waals surface area contributed by atoms with Crippen LogP contribution in [0.1, 0.15) is 17.5 Å². The van der Waals surface area contributed by atoms with Crippen molar-refractivity contribution in [1.29, 1.82) is 0 Å². The first-order valence-corrected chi connectivity index (χ1v) is 6.14. The molecule has 102 valence electrons. The molecule has 0 amide bonds. The summed E-state index contributed by atoms with van der Waals surface area (Å²) in [5, 5.41) is 13.9. The molecule has 0 aliphatic rings. The number of halogens is 2. The van der Waals surface area contributed by atoms with Crippen LogP contribution in [0.2, 0.25) is 0 Å². The molecule has 0 spiro atoms. The number of aromatic nitrogens is 2. The Kier molecular flexibility index (Phi) is 4.27. The molecule has 0 saturated heterocycles. The van der Waals surface area contributed by atoms with Crippen LogP contribution >= 0.6 is 0 Å². The number of rotatable bonds is 5. The lowest BCUT2D eigenvalue weighted by molar-refractivity contribution is 0.163.